The van der Waals surface area contributed by atoms with Crippen LogP contribution in [0.3, 0.4) is 0 Å². The number of ether oxygens (including phenoxy) is 1. The normalized spacial score (nSPS) is 11.2. The molecule has 0 aliphatic heterocycles. The van der Waals surface area contributed by atoms with Crippen molar-refractivity contribution < 1.29 is 9.53 Å². The smallest absolute Gasteiger partial charge is 0.305 e. The lowest BCUT2D eigenvalue weighted by Gasteiger charge is -2.05. The summed E-state index contributed by atoms with van der Waals surface area (Å²) in [7, 11) is 0. The van der Waals surface area contributed by atoms with Gasteiger partial charge in [0.25, 0.3) is 0 Å². The summed E-state index contributed by atoms with van der Waals surface area (Å²) in [5.41, 5.74) is 2.26. The fourth-order valence-corrected chi connectivity index (χ4v) is 3.01. The van der Waals surface area contributed by atoms with E-state index >= 15 is 0 Å². The summed E-state index contributed by atoms with van der Waals surface area (Å²) in [5, 5.41) is 3.36. The molecule has 2 aromatic heterocycles. The molecule has 0 aromatic carbocycles. The van der Waals surface area contributed by atoms with E-state index in [9.17, 15) is 4.79 Å². The van der Waals surface area contributed by atoms with E-state index in [-0.39, 0.29) is 5.97 Å². The number of carbonyl (C=O) groups excluding carboxylic acids is 1. The molecular weight excluding hydrogens is 274 g/mol. The van der Waals surface area contributed by atoms with Crippen LogP contribution in [-0.4, -0.2) is 28.5 Å². The third-order valence-electron chi connectivity index (χ3n) is 3.07. The number of imidazole rings is 1. The fourth-order valence-electron chi connectivity index (χ4n) is 2.12. The Kier molecular flexibility index (Phi) is 5.14. The lowest BCUT2D eigenvalue weighted by molar-refractivity contribution is -0.143. The first kappa shape index (κ1) is 15.0. The van der Waals surface area contributed by atoms with Gasteiger partial charge in [-0.3, -0.25) is 9.20 Å². The molecule has 0 saturated carbocycles. The van der Waals surface area contributed by atoms with Gasteiger partial charge in [-0.05, 0) is 33.7 Å². The van der Waals surface area contributed by atoms with Crippen LogP contribution < -0.4 is 5.32 Å². The number of esters is 1. The van der Waals surface area contributed by atoms with Crippen molar-refractivity contribution in [1.82, 2.24) is 14.7 Å². The monoisotopic (exact) mass is 295 g/mol. The molecule has 0 bridgehead atoms. The van der Waals surface area contributed by atoms with Gasteiger partial charge >= 0.3 is 5.97 Å². The quantitative estimate of drug-likeness (QED) is 0.629. The third-order valence-corrected chi connectivity index (χ3v) is 3.97. The van der Waals surface area contributed by atoms with Crippen LogP contribution in [0.4, 0.5) is 0 Å². The molecule has 2 aromatic rings. The lowest BCUT2D eigenvalue weighted by atomic mass is 10.3. The maximum absolute atomic E-state index is 11.2. The number of rotatable bonds is 7. The molecule has 110 valence electrons. The van der Waals surface area contributed by atoms with Crippen molar-refractivity contribution in [2.75, 3.05) is 13.2 Å². The molecular formula is C14H21N3O2S. The largest absolute Gasteiger partial charge is 0.466 e. The minimum absolute atomic E-state index is 0.120. The zero-order valence-corrected chi connectivity index (χ0v) is 13.0. The molecule has 2 heterocycles. The molecule has 0 amide bonds. The zero-order valence-electron chi connectivity index (χ0n) is 12.2. The average Bonchev–Trinajstić information content (AvgIpc) is 2.86. The van der Waals surface area contributed by atoms with E-state index in [2.05, 4.69) is 27.8 Å². The molecule has 2 rings (SSSR count). The number of hydrogen-bond acceptors (Lipinski definition) is 5. The van der Waals surface area contributed by atoms with E-state index in [1.807, 2.05) is 13.8 Å². The Morgan fingerprint density at radius 1 is 1.50 bits per heavy atom. The van der Waals surface area contributed by atoms with Crippen molar-refractivity contribution in [2.24, 2.45) is 0 Å². The number of carbonyl (C=O) groups is 1. The number of nitrogens with zero attached hydrogens (tertiary/aromatic N) is 2. The number of fused-ring (bicyclic) bond motifs is 1. The lowest BCUT2D eigenvalue weighted by Crippen LogP contribution is -2.18. The average molecular weight is 295 g/mol. The van der Waals surface area contributed by atoms with E-state index in [1.165, 1.54) is 10.6 Å². The van der Waals surface area contributed by atoms with E-state index in [1.54, 1.807) is 11.3 Å². The molecule has 0 atom stereocenters. The predicted octanol–water partition coefficient (Wildman–Crippen LogP) is 2.45. The maximum atomic E-state index is 11.2. The van der Waals surface area contributed by atoms with E-state index in [0.29, 0.717) is 13.0 Å². The number of aromatic nitrogens is 2. The first-order valence-electron chi connectivity index (χ1n) is 6.92. The predicted molar refractivity (Wildman–Crippen MR) is 80.1 cm³/mol. The molecule has 0 unspecified atom stereocenters. The SMILES string of the molecule is CCOC(=O)CCCNCc1c(C)nc2sc(C)cn12. The molecule has 0 fully saturated rings. The van der Waals surface area contributed by atoms with Crippen molar-refractivity contribution in [3.05, 3.63) is 22.5 Å². The number of aryl methyl sites for hydroxylation is 2. The number of hydrogen-bond donors (Lipinski definition) is 1. The molecule has 0 radical (unpaired) electrons. The Bertz CT molecular complexity index is 589. The number of thiazole rings is 1. The standard InChI is InChI=1S/C14H21N3O2S/c1-4-19-13(18)6-5-7-15-8-12-11(3)16-14-17(12)9-10(2)20-14/h9,15H,4-8H2,1-3H3. The molecule has 20 heavy (non-hydrogen) atoms. The van der Waals surface area contributed by atoms with Crippen LogP contribution in [0.25, 0.3) is 4.96 Å². The van der Waals surface area contributed by atoms with Crippen molar-refractivity contribution >= 4 is 22.3 Å². The minimum atomic E-state index is -0.120. The van der Waals surface area contributed by atoms with Gasteiger partial charge in [0.05, 0.1) is 18.0 Å². The molecule has 0 aliphatic rings. The van der Waals surface area contributed by atoms with Crippen LogP contribution in [0, 0.1) is 13.8 Å². The van der Waals surface area contributed by atoms with Gasteiger partial charge in [0, 0.05) is 24.0 Å². The summed E-state index contributed by atoms with van der Waals surface area (Å²) in [5.74, 6) is -0.120. The Balaban J connectivity index is 1.81. The summed E-state index contributed by atoms with van der Waals surface area (Å²) >= 11 is 1.70. The summed E-state index contributed by atoms with van der Waals surface area (Å²) in [4.78, 5) is 18.1. The molecule has 0 saturated heterocycles. The topological polar surface area (TPSA) is 55.6 Å². The minimum Gasteiger partial charge on any atom is -0.466 e. The van der Waals surface area contributed by atoms with E-state index in [0.717, 1.165) is 30.2 Å². The van der Waals surface area contributed by atoms with Gasteiger partial charge in [-0.1, -0.05) is 0 Å². The van der Waals surface area contributed by atoms with Crippen molar-refractivity contribution in [2.45, 2.75) is 40.2 Å². The molecule has 0 spiro atoms. The first-order valence-corrected chi connectivity index (χ1v) is 7.73. The van der Waals surface area contributed by atoms with E-state index < -0.39 is 0 Å². The van der Waals surface area contributed by atoms with Crippen LogP contribution in [0.15, 0.2) is 6.20 Å². The zero-order chi connectivity index (χ0) is 14.5. The van der Waals surface area contributed by atoms with Gasteiger partial charge in [-0.15, -0.1) is 11.3 Å². The highest BCUT2D eigenvalue weighted by molar-refractivity contribution is 7.17. The third kappa shape index (κ3) is 3.58. The summed E-state index contributed by atoms with van der Waals surface area (Å²) in [6.07, 6.45) is 3.39. The van der Waals surface area contributed by atoms with Crippen molar-refractivity contribution in [3.8, 4) is 0 Å². The van der Waals surface area contributed by atoms with Crippen LogP contribution in [-0.2, 0) is 16.1 Å². The second-order valence-electron chi connectivity index (χ2n) is 4.72. The van der Waals surface area contributed by atoms with Gasteiger partial charge in [-0.25, -0.2) is 4.98 Å². The highest BCUT2D eigenvalue weighted by Crippen LogP contribution is 2.20. The van der Waals surface area contributed by atoms with Gasteiger partial charge in [0.15, 0.2) is 4.96 Å². The summed E-state index contributed by atoms with van der Waals surface area (Å²) in [6, 6.07) is 0. The molecule has 6 heteroatoms. The van der Waals surface area contributed by atoms with E-state index in [4.69, 9.17) is 4.74 Å². The van der Waals surface area contributed by atoms with Crippen molar-refractivity contribution in [1.29, 1.82) is 0 Å². The van der Waals surface area contributed by atoms with Crippen LogP contribution in [0.5, 0.6) is 0 Å². The summed E-state index contributed by atoms with van der Waals surface area (Å²) < 4.78 is 7.04. The van der Waals surface area contributed by atoms with Crippen LogP contribution in [0.1, 0.15) is 36.0 Å². The summed E-state index contributed by atoms with van der Waals surface area (Å²) in [6.45, 7) is 7.97. The fraction of sp³-hybridized carbons (Fsp3) is 0.571. The Morgan fingerprint density at radius 3 is 3.05 bits per heavy atom. The molecule has 0 aliphatic carbocycles. The maximum Gasteiger partial charge on any atom is 0.305 e. The highest BCUT2D eigenvalue weighted by Gasteiger charge is 2.10. The second-order valence-corrected chi connectivity index (χ2v) is 5.94. The number of nitrogens with one attached hydrogen (secondary N) is 1. The Morgan fingerprint density at radius 2 is 2.30 bits per heavy atom. The highest BCUT2D eigenvalue weighted by atomic mass is 32.1. The van der Waals surface area contributed by atoms with Crippen molar-refractivity contribution in [3.63, 3.8) is 0 Å². The van der Waals surface area contributed by atoms with Gasteiger partial charge in [0.1, 0.15) is 0 Å². The van der Waals surface area contributed by atoms with Gasteiger partial charge in [-0.2, -0.15) is 0 Å². The Hall–Kier alpha value is -1.40. The second kappa shape index (κ2) is 6.85. The molecule has 1 N–H and O–H groups in total. The van der Waals surface area contributed by atoms with Gasteiger partial charge in [0.2, 0.25) is 0 Å². The Labute approximate surface area is 123 Å². The first-order chi connectivity index (χ1) is 9.61. The molecule has 5 nitrogen and oxygen atoms in total. The van der Waals surface area contributed by atoms with Gasteiger partial charge < -0.3 is 10.1 Å². The van der Waals surface area contributed by atoms with Crippen LogP contribution in [0.2, 0.25) is 0 Å². The van der Waals surface area contributed by atoms with Crippen LogP contribution >= 0.6 is 11.3 Å².